The highest BCUT2D eigenvalue weighted by Crippen LogP contribution is 2.47. The fraction of sp³-hybridized carbons (Fsp3) is 0. The topological polar surface area (TPSA) is 0 Å². The van der Waals surface area contributed by atoms with E-state index in [4.69, 9.17) is 0 Å². The minimum absolute atomic E-state index is 1.27. The molecule has 9 rings (SSSR count). The molecule has 0 aliphatic heterocycles. The van der Waals surface area contributed by atoms with Gasteiger partial charge in [0.2, 0.25) is 0 Å². The van der Waals surface area contributed by atoms with Crippen LogP contribution in [0.25, 0.3) is 85.2 Å². The second-order valence-corrected chi connectivity index (χ2v) is 11.5. The fourth-order valence-electron chi connectivity index (χ4n) is 6.73. The third-order valence-electron chi connectivity index (χ3n) is 8.43. The molecule has 0 fully saturated rings. The Hall–Kier alpha value is -4.72. The first-order chi connectivity index (χ1) is 19.4. The summed E-state index contributed by atoms with van der Waals surface area (Å²) >= 11 is 1.94. The van der Waals surface area contributed by atoms with Crippen molar-refractivity contribution in [1.82, 2.24) is 0 Å². The van der Waals surface area contributed by atoms with E-state index in [1.54, 1.807) is 0 Å². The zero-order valence-electron chi connectivity index (χ0n) is 21.1. The largest absolute Gasteiger partial charge is 0.134 e. The molecule has 0 amide bonds. The van der Waals surface area contributed by atoms with Crippen LogP contribution in [0, 0.1) is 0 Å². The van der Waals surface area contributed by atoms with E-state index >= 15 is 0 Å². The molecule has 1 heterocycles. The van der Waals surface area contributed by atoms with Gasteiger partial charge in [-0.25, -0.2) is 0 Å². The predicted molar refractivity (Wildman–Crippen MR) is 172 cm³/mol. The van der Waals surface area contributed by atoms with E-state index in [2.05, 4.69) is 133 Å². The van der Waals surface area contributed by atoms with Crippen molar-refractivity contribution in [3.05, 3.63) is 133 Å². The molecule has 0 atom stereocenters. The summed E-state index contributed by atoms with van der Waals surface area (Å²) < 4.78 is 2.74. The first-order valence-corrected chi connectivity index (χ1v) is 14.3. The van der Waals surface area contributed by atoms with Crippen molar-refractivity contribution >= 4 is 85.4 Å². The Bertz CT molecular complexity index is 2410. The van der Waals surface area contributed by atoms with Crippen LogP contribution in [0.2, 0.25) is 0 Å². The van der Waals surface area contributed by atoms with Gasteiger partial charge in [-0.3, -0.25) is 0 Å². The maximum Gasteiger partial charge on any atom is 0.0440 e. The molecule has 9 aromatic rings. The molecule has 0 spiro atoms. The minimum atomic E-state index is 1.27. The summed E-state index contributed by atoms with van der Waals surface area (Å²) in [5.74, 6) is 0. The van der Waals surface area contributed by atoms with Gasteiger partial charge in [-0.05, 0) is 65.7 Å². The molecule has 1 aromatic heterocycles. The average Bonchev–Trinajstić information content (AvgIpc) is 3.42. The number of hydrogen-bond acceptors (Lipinski definition) is 1. The van der Waals surface area contributed by atoms with Crippen LogP contribution in [0.3, 0.4) is 0 Å². The van der Waals surface area contributed by atoms with Gasteiger partial charge in [0.05, 0.1) is 0 Å². The maximum atomic E-state index is 2.42. The zero-order chi connectivity index (χ0) is 25.5. The normalized spacial score (nSPS) is 12.1. The highest BCUT2D eigenvalue weighted by atomic mass is 32.1. The Morgan fingerprint density at radius 2 is 0.769 bits per heavy atom. The van der Waals surface area contributed by atoms with Crippen LogP contribution in [-0.2, 0) is 0 Å². The summed E-state index contributed by atoms with van der Waals surface area (Å²) in [6, 6.07) is 49.3. The van der Waals surface area contributed by atoms with Crippen molar-refractivity contribution in [2.24, 2.45) is 0 Å². The molecular weight excluding hydrogens is 488 g/mol. The highest BCUT2D eigenvalue weighted by Gasteiger charge is 2.17. The molecule has 1 heteroatoms. The van der Waals surface area contributed by atoms with E-state index in [9.17, 15) is 0 Å². The third kappa shape index (κ3) is 2.88. The Morgan fingerprint density at radius 3 is 1.41 bits per heavy atom. The van der Waals surface area contributed by atoms with E-state index in [0.717, 1.165) is 0 Å². The minimum Gasteiger partial charge on any atom is -0.134 e. The van der Waals surface area contributed by atoms with Crippen LogP contribution in [0.1, 0.15) is 0 Å². The van der Waals surface area contributed by atoms with Crippen molar-refractivity contribution in [2.45, 2.75) is 0 Å². The Kier molecular flexibility index (Phi) is 4.30. The van der Waals surface area contributed by atoms with E-state index in [1.807, 2.05) is 11.3 Å². The van der Waals surface area contributed by atoms with E-state index in [0.29, 0.717) is 0 Å². The second-order valence-electron chi connectivity index (χ2n) is 10.4. The van der Waals surface area contributed by atoms with E-state index in [-0.39, 0.29) is 0 Å². The van der Waals surface area contributed by atoms with Crippen molar-refractivity contribution < 1.29 is 0 Å². The molecular formula is C38H22S. The first kappa shape index (κ1) is 21.2. The van der Waals surface area contributed by atoms with Gasteiger partial charge in [-0.2, -0.15) is 0 Å². The smallest absolute Gasteiger partial charge is 0.0440 e. The highest BCUT2D eigenvalue weighted by molar-refractivity contribution is 7.27. The summed E-state index contributed by atoms with van der Waals surface area (Å²) in [5, 5.41) is 16.0. The van der Waals surface area contributed by atoms with Crippen molar-refractivity contribution in [3.63, 3.8) is 0 Å². The van der Waals surface area contributed by atoms with Gasteiger partial charge < -0.3 is 0 Å². The summed E-state index contributed by atoms with van der Waals surface area (Å²) in [4.78, 5) is 0. The lowest BCUT2D eigenvalue weighted by molar-refractivity contribution is 1.73. The molecule has 0 bridgehead atoms. The van der Waals surface area contributed by atoms with Crippen LogP contribution in [0.4, 0.5) is 0 Å². The summed E-state index contributed by atoms with van der Waals surface area (Å²) in [6.45, 7) is 0. The molecule has 39 heavy (non-hydrogen) atoms. The molecule has 0 aliphatic rings. The van der Waals surface area contributed by atoms with Gasteiger partial charge >= 0.3 is 0 Å². The Labute approximate surface area is 229 Å². The fourth-order valence-corrected chi connectivity index (χ4v) is 8.12. The standard InChI is InChI=1S/C38H22S/c1-2-12-27-25(10-1)26-11-3-4-15-30(26)35-22-23(20-21-31(27)35)24-18-9-19-34-36-32-16-7-5-13-28(32)29-14-6-8-17-33(29)38(36)39-37(24)34/h1-22H. The van der Waals surface area contributed by atoms with Gasteiger partial charge in [0.25, 0.3) is 0 Å². The number of thiophene rings is 1. The summed E-state index contributed by atoms with van der Waals surface area (Å²) in [6.07, 6.45) is 0. The average molecular weight is 511 g/mol. The summed E-state index contributed by atoms with van der Waals surface area (Å²) in [5.41, 5.74) is 2.58. The molecule has 0 radical (unpaired) electrons. The molecule has 8 aromatic carbocycles. The van der Waals surface area contributed by atoms with Crippen molar-refractivity contribution in [1.29, 1.82) is 0 Å². The lowest BCUT2D eigenvalue weighted by Gasteiger charge is -2.12. The molecule has 0 nitrogen and oxygen atoms in total. The lowest BCUT2D eigenvalue weighted by atomic mass is 9.91. The predicted octanol–water partition coefficient (Wildman–Crippen LogP) is 11.5. The Balaban J connectivity index is 1.41. The van der Waals surface area contributed by atoms with E-state index in [1.165, 1.54) is 85.2 Å². The number of hydrogen-bond donors (Lipinski definition) is 0. The zero-order valence-corrected chi connectivity index (χ0v) is 21.9. The van der Waals surface area contributed by atoms with Crippen LogP contribution < -0.4 is 0 Å². The van der Waals surface area contributed by atoms with Crippen LogP contribution in [-0.4, -0.2) is 0 Å². The molecule has 180 valence electrons. The number of fused-ring (bicyclic) bond motifs is 14. The molecule has 0 unspecified atom stereocenters. The van der Waals surface area contributed by atoms with Crippen LogP contribution in [0.15, 0.2) is 133 Å². The van der Waals surface area contributed by atoms with Crippen LogP contribution >= 0.6 is 11.3 Å². The maximum absolute atomic E-state index is 2.42. The van der Waals surface area contributed by atoms with Crippen molar-refractivity contribution in [3.8, 4) is 11.1 Å². The monoisotopic (exact) mass is 510 g/mol. The van der Waals surface area contributed by atoms with Crippen molar-refractivity contribution in [2.75, 3.05) is 0 Å². The molecule has 0 aliphatic carbocycles. The first-order valence-electron chi connectivity index (χ1n) is 13.4. The second kappa shape index (κ2) is 7.89. The van der Waals surface area contributed by atoms with Gasteiger partial charge in [0.1, 0.15) is 0 Å². The lowest BCUT2D eigenvalue weighted by Crippen LogP contribution is -1.85. The van der Waals surface area contributed by atoms with E-state index < -0.39 is 0 Å². The molecule has 0 saturated heterocycles. The third-order valence-corrected chi connectivity index (χ3v) is 9.70. The molecule has 0 saturated carbocycles. The quantitative estimate of drug-likeness (QED) is 0.193. The SMILES string of the molecule is c1ccc2c(c1)c1ccccc1c1cc(-c3cccc4c3sc3c5ccccc5c5ccccc5c43)ccc21. The van der Waals surface area contributed by atoms with Gasteiger partial charge in [-0.15, -0.1) is 11.3 Å². The number of rotatable bonds is 1. The Morgan fingerprint density at radius 1 is 0.308 bits per heavy atom. The van der Waals surface area contributed by atoms with Gasteiger partial charge in [0, 0.05) is 25.6 Å². The summed E-state index contributed by atoms with van der Waals surface area (Å²) in [7, 11) is 0. The van der Waals surface area contributed by atoms with Gasteiger partial charge in [-0.1, -0.05) is 127 Å². The van der Waals surface area contributed by atoms with Crippen LogP contribution in [0.5, 0.6) is 0 Å². The van der Waals surface area contributed by atoms with Gasteiger partial charge in [0.15, 0.2) is 0 Å². The number of benzene rings is 8. The molecule has 0 N–H and O–H groups in total.